The molecule has 2 aliphatic rings. The van der Waals surface area contributed by atoms with E-state index in [4.69, 9.17) is 21.1 Å². The molecular weight excluding hydrogens is 276 g/mol. The number of fused-ring (bicyclic) bond motifs is 3. The van der Waals surface area contributed by atoms with Crippen LogP contribution in [-0.4, -0.2) is 29.0 Å². The van der Waals surface area contributed by atoms with Crippen molar-refractivity contribution in [3.05, 3.63) is 22.8 Å². The second kappa shape index (κ2) is 4.33. The molecule has 1 aromatic rings. The Hall–Kier alpha value is -0.840. The third-order valence-electron chi connectivity index (χ3n) is 4.67. The minimum atomic E-state index is -0.394. The fourth-order valence-corrected chi connectivity index (χ4v) is 3.08. The number of anilines is 1. The molecule has 0 amide bonds. The van der Waals surface area contributed by atoms with Gasteiger partial charge >= 0.3 is 0 Å². The molecule has 1 fully saturated rings. The summed E-state index contributed by atoms with van der Waals surface area (Å²) in [6, 6.07) is 1.81. The summed E-state index contributed by atoms with van der Waals surface area (Å²) in [5, 5.41) is 0.694. The molecule has 3 rings (SSSR count). The Kier molecular flexibility index (Phi) is 3.05. The molecule has 5 heteroatoms. The zero-order chi connectivity index (χ0) is 14.7. The predicted molar refractivity (Wildman–Crippen MR) is 79.1 cm³/mol. The third-order valence-corrected chi connectivity index (χ3v) is 5.00. The van der Waals surface area contributed by atoms with E-state index in [0.29, 0.717) is 5.02 Å². The first-order valence-electron chi connectivity index (χ1n) is 7.05. The average molecular weight is 297 g/mol. The fraction of sp³-hybridized carbons (Fsp3) is 0.667. The van der Waals surface area contributed by atoms with Gasteiger partial charge in [0.1, 0.15) is 11.9 Å². The van der Waals surface area contributed by atoms with E-state index < -0.39 is 5.60 Å². The molecule has 2 atom stereocenters. The number of halogens is 1. The lowest BCUT2D eigenvalue weighted by atomic mass is 9.87. The van der Waals surface area contributed by atoms with Crippen molar-refractivity contribution in [2.24, 2.45) is 0 Å². The van der Waals surface area contributed by atoms with Gasteiger partial charge < -0.3 is 14.4 Å². The summed E-state index contributed by atoms with van der Waals surface area (Å²) in [6.07, 6.45) is 1.39. The van der Waals surface area contributed by atoms with Crippen LogP contribution in [0.15, 0.2) is 12.3 Å². The molecule has 0 radical (unpaired) electrons. The second-order valence-corrected chi connectivity index (χ2v) is 6.79. The Morgan fingerprint density at radius 3 is 2.55 bits per heavy atom. The van der Waals surface area contributed by atoms with E-state index in [1.165, 1.54) is 0 Å². The summed E-state index contributed by atoms with van der Waals surface area (Å²) in [6.45, 7) is 11.1. The second-order valence-electron chi connectivity index (χ2n) is 6.38. The van der Waals surface area contributed by atoms with Gasteiger partial charge in [-0.3, -0.25) is 0 Å². The molecule has 4 nitrogen and oxygen atoms in total. The highest BCUT2D eigenvalue weighted by Crippen LogP contribution is 2.52. The van der Waals surface area contributed by atoms with Crippen molar-refractivity contribution in [1.29, 1.82) is 0 Å². The van der Waals surface area contributed by atoms with E-state index in [0.717, 1.165) is 17.9 Å². The highest BCUT2D eigenvalue weighted by molar-refractivity contribution is 6.31. The Labute approximate surface area is 125 Å². The molecule has 1 aromatic heterocycles. The van der Waals surface area contributed by atoms with Crippen LogP contribution in [0, 0.1) is 0 Å². The molecule has 0 saturated carbocycles. The van der Waals surface area contributed by atoms with E-state index in [1.807, 2.05) is 6.07 Å². The van der Waals surface area contributed by atoms with E-state index in [1.54, 1.807) is 6.20 Å². The number of hydrogen-bond acceptors (Lipinski definition) is 4. The molecule has 2 aliphatic heterocycles. The Morgan fingerprint density at radius 2 is 1.90 bits per heavy atom. The molecule has 0 aliphatic carbocycles. The predicted octanol–water partition coefficient (Wildman–Crippen LogP) is 3.55. The number of hydrogen-bond donors (Lipinski definition) is 0. The zero-order valence-corrected chi connectivity index (χ0v) is 13.4. The van der Waals surface area contributed by atoms with Gasteiger partial charge in [-0.25, -0.2) is 4.98 Å². The first-order valence-corrected chi connectivity index (χ1v) is 7.43. The van der Waals surface area contributed by atoms with Gasteiger partial charge in [-0.05, 0) is 40.7 Å². The van der Waals surface area contributed by atoms with E-state index in [-0.39, 0.29) is 17.9 Å². The summed E-state index contributed by atoms with van der Waals surface area (Å²) in [4.78, 5) is 6.60. The first-order chi connectivity index (χ1) is 9.28. The number of aromatic nitrogens is 1. The van der Waals surface area contributed by atoms with Crippen LogP contribution in [0.4, 0.5) is 5.82 Å². The SMILES string of the molecule is CCN1c2nccc(Cl)c2C2OC(C)(C)C(C)(C)OC21. The van der Waals surface area contributed by atoms with Gasteiger partial charge in [0.2, 0.25) is 0 Å². The van der Waals surface area contributed by atoms with Crippen LogP contribution in [0.2, 0.25) is 5.02 Å². The monoisotopic (exact) mass is 296 g/mol. The van der Waals surface area contributed by atoms with Gasteiger partial charge in [-0.15, -0.1) is 0 Å². The summed E-state index contributed by atoms with van der Waals surface area (Å²) < 4.78 is 12.7. The molecule has 0 bridgehead atoms. The van der Waals surface area contributed by atoms with Crippen molar-refractivity contribution in [3.63, 3.8) is 0 Å². The van der Waals surface area contributed by atoms with Crippen LogP contribution in [0.1, 0.15) is 46.3 Å². The Balaban J connectivity index is 2.10. The summed E-state index contributed by atoms with van der Waals surface area (Å²) in [7, 11) is 0. The minimum absolute atomic E-state index is 0.162. The summed E-state index contributed by atoms with van der Waals surface area (Å²) >= 11 is 6.37. The minimum Gasteiger partial charge on any atom is -0.360 e. The number of rotatable bonds is 1. The lowest BCUT2D eigenvalue weighted by Crippen LogP contribution is -2.60. The topological polar surface area (TPSA) is 34.6 Å². The molecule has 0 spiro atoms. The van der Waals surface area contributed by atoms with Crippen LogP contribution in [0.5, 0.6) is 0 Å². The number of ether oxygens (including phenoxy) is 2. The Morgan fingerprint density at radius 1 is 1.25 bits per heavy atom. The van der Waals surface area contributed by atoms with Gasteiger partial charge in [-0.2, -0.15) is 0 Å². The lowest BCUT2D eigenvalue weighted by Gasteiger charge is -2.51. The van der Waals surface area contributed by atoms with Gasteiger partial charge in [-0.1, -0.05) is 11.6 Å². The van der Waals surface area contributed by atoms with Crippen LogP contribution in [0.3, 0.4) is 0 Å². The van der Waals surface area contributed by atoms with Crippen molar-refractivity contribution in [2.45, 2.75) is 58.2 Å². The maximum absolute atomic E-state index is 6.37. The first kappa shape index (κ1) is 14.1. The maximum Gasteiger partial charge on any atom is 0.163 e. The maximum atomic E-state index is 6.37. The lowest BCUT2D eigenvalue weighted by molar-refractivity contribution is -0.292. The van der Waals surface area contributed by atoms with Gasteiger partial charge in [0.05, 0.1) is 16.2 Å². The van der Waals surface area contributed by atoms with E-state index >= 15 is 0 Å². The Bertz CT molecular complexity index is 545. The average Bonchev–Trinajstić information content (AvgIpc) is 2.62. The summed E-state index contributed by atoms with van der Waals surface area (Å²) in [5.74, 6) is 0.878. The molecule has 1 saturated heterocycles. The van der Waals surface area contributed by atoms with Crippen molar-refractivity contribution >= 4 is 17.4 Å². The number of nitrogens with zero attached hydrogens (tertiary/aromatic N) is 2. The van der Waals surface area contributed by atoms with Gasteiger partial charge in [0.15, 0.2) is 6.23 Å². The number of pyridine rings is 1. The van der Waals surface area contributed by atoms with Gasteiger partial charge in [0, 0.05) is 18.3 Å². The van der Waals surface area contributed by atoms with Crippen LogP contribution in [0.25, 0.3) is 0 Å². The molecule has 20 heavy (non-hydrogen) atoms. The molecule has 2 unspecified atom stereocenters. The van der Waals surface area contributed by atoms with Crippen molar-refractivity contribution < 1.29 is 9.47 Å². The molecule has 3 heterocycles. The number of likely N-dealkylation sites (N-methyl/N-ethyl adjacent to an activating group) is 1. The van der Waals surface area contributed by atoms with Crippen molar-refractivity contribution in [1.82, 2.24) is 4.98 Å². The van der Waals surface area contributed by atoms with Crippen molar-refractivity contribution in [3.8, 4) is 0 Å². The van der Waals surface area contributed by atoms with Crippen LogP contribution in [-0.2, 0) is 9.47 Å². The van der Waals surface area contributed by atoms with Crippen LogP contribution >= 0.6 is 11.6 Å². The molecule has 0 N–H and O–H groups in total. The standard InChI is InChI=1S/C15H21ClN2O2/c1-6-18-12-10(9(16)7-8-17-12)11-13(18)20-15(4,5)14(2,3)19-11/h7-8,11,13H,6H2,1-5H3. The zero-order valence-electron chi connectivity index (χ0n) is 12.6. The normalized spacial score (nSPS) is 30.0. The molecular formula is C15H21ClN2O2. The smallest absolute Gasteiger partial charge is 0.163 e. The highest BCUT2D eigenvalue weighted by atomic mass is 35.5. The highest BCUT2D eigenvalue weighted by Gasteiger charge is 2.55. The fourth-order valence-electron chi connectivity index (χ4n) is 2.83. The largest absolute Gasteiger partial charge is 0.360 e. The van der Waals surface area contributed by atoms with E-state index in [2.05, 4.69) is 44.5 Å². The quantitative estimate of drug-likeness (QED) is 0.794. The third kappa shape index (κ3) is 1.78. The molecule has 110 valence electrons. The van der Waals surface area contributed by atoms with Gasteiger partial charge in [0.25, 0.3) is 0 Å². The van der Waals surface area contributed by atoms with Crippen molar-refractivity contribution in [2.75, 3.05) is 11.4 Å². The van der Waals surface area contributed by atoms with Crippen LogP contribution < -0.4 is 4.90 Å². The molecule has 0 aromatic carbocycles. The van der Waals surface area contributed by atoms with E-state index in [9.17, 15) is 0 Å². The summed E-state index contributed by atoms with van der Waals surface area (Å²) in [5.41, 5.74) is 0.175.